The highest BCUT2D eigenvalue weighted by atomic mass is 32.1. The van der Waals surface area contributed by atoms with E-state index in [1.807, 2.05) is 41.8 Å². The predicted molar refractivity (Wildman–Crippen MR) is 111 cm³/mol. The third-order valence-electron chi connectivity index (χ3n) is 4.74. The number of benzene rings is 2. The van der Waals surface area contributed by atoms with Crippen molar-refractivity contribution in [2.24, 2.45) is 0 Å². The molecule has 0 aliphatic heterocycles. The number of fused-ring (bicyclic) bond motifs is 1. The van der Waals surface area contributed by atoms with Crippen LogP contribution in [0.4, 0.5) is 0 Å². The number of H-pyrrole nitrogens is 1. The number of rotatable bonds is 6. The van der Waals surface area contributed by atoms with Gasteiger partial charge in [-0.15, -0.1) is 11.3 Å². The van der Waals surface area contributed by atoms with E-state index >= 15 is 0 Å². The molecule has 0 saturated carbocycles. The van der Waals surface area contributed by atoms with E-state index in [0.717, 1.165) is 22.9 Å². The van der Waals surface area contributed by atoms with Crippen molar-refractivity contribution in [2.75, 3.05) is 0 Å². The smallest absolute Gasteiger partial charge is 0.349 e. The van der Waals surface area contributed by atoms with Crippen LogP contribution in [0.25, 0.3) is 10.9 Å². The number of ether oxygens (including phenoxy) is 1. The molecule has 140 valence electrons. The average Bonchev–Trinajstić information content (AvgIpc) is 3.42. The van der Waals surface area contributed by atoms with Crippen molar-refractivity contribution in [3.05, 3.63) is 93.8 Å². The molecule has 4 aromatic rings. The molecule has 4 rings (SSSR count). The van der Waals surface area contributed by atoms with E-state index in [1.54, 1.807) is 30.5 Å². The van der Waals surface area contributed by atoms with Crippen LogP contribution >= 0.6 is 11.3 Å². The highest BCUT2D eigenvalue weighted by molar-refractivity contribution is 7.11. The quantitative estimate of drug-likeness (QED) is 0.346. The van der Waals surface area contributed by atoms with E-state index in [1.165, 1.54) is 11.3 Å². The molecule has 0 amide bonds. The summed E-state index contributed by atoms with van der Waals surface area (Å²) >= 11 is 1.29. The SMILES string of the molecule is CCc1cccc2c(C(=O)[C@H](OC(=O)c3cccs3)c3ccccc3)c[nH]c12. The zero-order chi connectivity index (χ0) is 19.5. The molecule has 0 spiro atoms. The lowest BCUT2D eigenvalue weighted by Crippen LogP contribution is -2.19. The number of aryl methyl sites for hydroxylation is 1. The third-order valence-corrected chi connectivity index (χ3v) is 5.59. The van der Waals surface area contributed by atoms with Gasteiger partial charge in [0.1, 0.15) is 4.88 Å². The Morgan fingerprint density at radius 3 is 2.57 bits per heavy atom. The first-order valence-corrected chi connectivity index (χ1v) is 9.99. The molecule has 5 heteroatoms. The van der Waals surface area contributed by atoms with E-state index in [9.17, 15) is 9.59 Å². The van der Waals surface area contributed by atoms with E-state index in [0.29, 0.717) is 16.0 Å². The lowest BCUT2D eigenvalue weighted by Gasteiger charge is -2.17. The van der Waals surface area contributed by atoms with Crippen LogP contribution in [0.2, 0.25) is 0 Å². The van der Waals surface area contributed by atoms with Gasteiger partial charge in [0, 0.05) is 28.2 Å². The van der Waals surface area contributed by atoms with Gasteiger partial charge in [0.05, 0.1) is 0 Å². The van der Waals surface area contributed by atoms with Gasteiger partial charge in [-0.05, 0) is 23.4 Å². The minimum Gasteiger partial charge on any atom is -0.445 e. The molecular formula is C23H19NO3S. The van der Waals surface area contributed by atoms with Gasteiger partial charge >= 0.3 is 5.97 Å². The maximum Gasteiger partial charge on any atom is 0.349 e. The summed E-state index contributed by atoms with van der Waals surface area (Å²) in [6.45, 7) is 2.08. The van der Waals surface area contributed by atoms with Crippen LogP contribution in [0.15, 0.2) is 72.2 Å². The Bertz CT molecular complexity index is 1110. The third kappa shape index (κ3) is 3.37. The molecule has 0 aliphatic rings. The van der Waals surface area contributed by atoms with Crippen molar-refractivity contribution in [3.8, 4) is 0 Å². The molecule has 0 aliphatic carbocycles. The molecule has 0 bridgehead atoms. The summed E-state index contributed by atoms with van der Waals surface area (Å²) in [5.41, 5.74) is 3.27. The lowest BCUT2D eigenvalue weighted by molar-refractivity contribution is 0.0285. The zero-order valence-electron chi connectivity index (χ0n) is 15.3. The van der Waals surface area contributed by atoms with Crippen molar-refractivity contribution < 1.29 is 14.3 Å². The number of nitrogens with one attached hydrogen (secondary N) is 1. The van der Waals surface area contributed by atoms with Gasteiger partial charge in [0.2, 0.25) is 5.78 Å². The zero-order valence-corrected chi connectivity index (χ0v) is 16.2. The van der Waals surface area contributed by atoms with E-state index in [2.05, 4.69) is 11.9 Å². The van der Waals surface area contributed by atoms with Crippen LogP contribution < -0.4 is 0 Å². The van der Waals surface area contributed by atoms with E-state index in [-0.39, 0.29) is 5.78 Å². The maximum atomic E-state index is 13.4. The first-order valence-electron chi connectivity index (χ1n) is 9.11. The summed E-state index contributed by atoms with van der Waals surface area (Å²) in [5.74, 6) is -0.734. The largest absolute Gasteiger partial charge is 0.445 e. The molecule has 0 fully saturated rings. The van der Waals surface area contributed by atoms with E-state index in [4.69, 9.17) is 4.74 Å². The fourth-order valence-corrected chi connectivity index (χ4v) is 3.92. The Kier molecular flexibility index (Phi) is 5.08. The number of hydrogen-bond donors (Lipinski definition) is 1. The molecule has 4 nitrogen and oxygen atoms in total. The normalized spacial score (nSPS) is 12.0. The second kappa shape index (κ2) is 7.82. The monoisotopic (exact) mass is 389 g/mol. The summed E-state index contributed by atoms with van der Waals surface area (Å²) in [7, 11) is 0. The number of thiophene rings is 1. The number of carbonyl (C=O) groups excluding carboxylic acids is 2. The molecule has 0 saturated heterocycles. The molecule has 1 atom stereocenters. The number of para-hydroxylation sites is 1. The van der Waals surface area contributed by atoms with Crippen LogP contribution in [0.3, 0.4) is 0 Å². The highest BCUT2D eigenvalue weighted by Gasteiger charge is 2.29. The number of aromatic nitrogens is 1. The summed E-state index contributed by atoms with van der Waals surface area (Å²) < 4.78 is 5.68. The molecule has 2 aromatic carbocycles. The molecule has 0 radical (unpaired) electrons. The van der Waals surface area contributed by atoms with Gasteiger partial charge in [0.15, 0.2) is 6.10 Å². The van der Waals surface area contributed by atoms with Gasteiger partial charge in [-0.25, -0.2) is 4.79 Å². The van der Waals surface area contributed by atoms with Gasteiger partial charge in [-0.3, -0.25) is 4.79 Å². The number of hydrogen-bond acceptors (Lipinski definition) is 4. The molecule has 28 heavy (non-hydrogen) atoms. The first-order chi connectivity index (χ1) is 13.7. The average molecular weight is 389 g/mol. The van der Waals surface area contributed by atoms with E-state index < -0.39 is 12.1 Å². The molecule has 0 unspecified atom stereocenters. The van der Waals surface area contributed by atoms with Gasteiger partial charge < -0.3 is 9.72 Å². The second-order valence-corrected chi connectivity index (χ2v) is 7.38. The summed E-state index contributed by atoms with van der Waals surface area (Å²) in [4.78, 5) is 29.7. The summed E-state index contributed by atoms with van der Waals surface area (Å²) in [6.07, 6.45) is 1.57. The van der Waals surface area contributed by atoms with Gasteiger partial charge in [0.25, 0.3) is 0 Å². The van der Waals surface area contributed by atoms with Crippen LogP contribution in [0.5, 0.6) is 0 Å². The highest BCUT2D eigenvalue weighted by Crippen LogP contribution is 2.29. The topological polar surface area (TPSA) is 59.2 Å². The van der Waals surface area contributed by atoms with Crippen molar-refractivity contribution in [2.45, 2.75) is 19.4 Å². The Morgan fingerprint density at radius 2 is 1.86 bits per heavy atom. The molecular weight excluding hydrogens is 370 g/mol. The minimum absolute atomic E-state index is 0.240. The number of ketones is 1. The Balaban J connectivity index is 1.74. The van der Waals surface area contributed by atoms with Crippen molar-refractivity contribution in [1.82, 2.24) is 4.98 Å². The number of aromatic amines is 1. The fourth-order valence-electron chi connectivity index (χ4n) is 3.32. The number of esters is 1. The fraction of sp³-hybridized carbons (Fsp3) is 0.130. The minimum atomic E-state index is -1.000. The Morgan fingerprint density at radius 1 is 1.04 bits per heavy atom. The van der Waals surface area contributed by atoms with Crippen molar-refractivity contribution in [1.29, 1.82) is 0 Å². The number of Topliss-reactive ketones (excluding diaryl/α,β-unsaturated/α-hetero) is 1. The van der Waals surface area contributed by atoms with Crippen molar-refractivity contribution in [3.63, 3.8) is 0 Å². The lowest BCUT2D eigenvalue weighted by atomic mass is 9.98. The molecule has 2 heterocycles. The van der Waals surface area contributed by atoms with Gasteiger partial charge in [-0.1, -0.05) is 61.5 Å². The van der Waals surface area contributed by atoms with Crippen molar-refractivity contribution >= 4 is 34.0 Å². The Hall–Kier alpha value is -3.18. The second-order valence-electron chi connectivity index (χ2n) is 6.43. The first kappa shape index (κ1) is 18.2. The summed E-state index contributed by atoms with van der Waals surface area (Å²) in [6, 6.07) is 18.5. The summed E-state index contributed by atoms with van der Waals surface area (Å²) in [5, 5.41) is 2.65. The standard InChI is InChI=1S/C23H19NO3S/c1-2-15-10-6-11-17-18(14-24-20(15)17)21(25)22(16-8-4-3-5-9-16)27-23(26)19-12-7-13-28-19/h3-14,22,24H,2H2,1H3/t22-/m1/s1. The Labute approximate surface area is 166 Å². The van der Waals surface area contributed by atoms with Crippen LogP contribution in [-0.4, -0.2) is 16.7 Å². The maximum absolute atomic E-state index is 13.4. The predicted octanol–water partition coefficient (Wildman–Crippen LogP) is 5.57. The van der Waals surface area contributed by atoms with Crippen LogP contribution in [-0.2, 0) is 11.2 Å². The van der Waals surface area contributed by atoms with Crippen LogP contribution in [0, 0.1) is 0 Å². The van der Waals surface area contributed by atoms with Gasteiger partial charge in [-0.2, -0.15) is 0 Å². The van der Waals surface area contributed by atoms with Crippen LogP contribution in [0.1, 0.15) is 44.2 Å². The number of carbonyl (C=O) groups is 2. The molecule has 2 aromatic heterocycles. The molecule has 1 N–H and O–H groups in total.